The summed E-state index contributed by atoms with van der Waals surface area (Å²) < 4.78 is 33.0. The molecule has 1 atom stereocenters. The van der Waals surface area contributed by atoms with Crippen LogP contribution in [0.2, 0.25) is 5.02 Å². The van der Waals surface area contributed by atoms with Gasteiger partial charge in [0.05, 0.1) is 29.1 Å². The van der Waals surface area contributed by atoms with Crippen molar-refractivity contribution in [3.63, 3.8) is 0 Å². The quantitative estimate of drug-likeness (QED) is 0.258. The Balaban J connectivity index is 1.31. The molecule has 40 heavy (non-hydrogen) atoms. The van der Waals surface area contributed by atoms with Crippen molar-refractivity contribution in [2.75, 3.05) is 11.9 Å². The molecule has 5 rings (SSSR count). The molecule has 0 unspecified atom stereocenters. The highest BCUT2D eigenvalue weighted by Gasteiger charge is 2.48. The van der Waals surface area contributed by atoms with E-state index in [1.54, 1.807) is 6.20 Å². The van der Waals surface area contributed by atoms with Gasteiger partial charge in [-0.25, -0.2) is 13.8 Å². The van der Waals surface area contributed by atoms with Gasteiger partial charge in [0.2, 0.25) is 11.7 Å². The van der Waals surface area contributed by atoms with E-state index in [2.05, 4.69) is 10.3 Å². The maximum Gasteiger partial charge on any atom is 0.303 e. The van der Waals surface area contributed by atoms with Gasteiger partial charge in [-0.3, -0.25) is 14.4 Å². The van der Waals surface area contributed by atoms with Gasteiger partial charge in [-0.15, -0.1) is 11.3 Å². The summed E-state index contributed by atoms with van der Waals surface area (Å²) in [6.07, 6.45) is 3.20. The fourth-order valence-electron chi connectivity index (χ4n) is 4.95. The fourth-order valence-corrected chi connectivity index (χ4v) is 6.21. The fraction of sp³-hybridized carbons (Fsp3) is 0.286. The van der Waals surface area contributed by atoms with Crippen LogP contribution >= 0.6 is 22.9 Å². The topological polar surface area (TPSA) is 105 Å². The molecular weight excluding hydrogens is 562 g/mol. The second-order valence-corrected chi connectivity index (χ2v) is 11.2. The van der Waals surface area contributed by atoms with Crippen molar-refractivity contribution in [2.45, 2.75) is 37.9 Å². The molecule has 2 N–H and O–H groups in total. The SMILES string of the molecule is Cn1cc(C(=O)Nc2cc(F)c(CC(=O)N3CCC[C@]3(F)c3ncc(CCC(=O)O)s3)cc2Cl)c2ccccc21. The van der Waals surface area contributed by atoms with Crippen LogP contribution in [0.1, 0.15) is 45.1 Å². The first-order valence-electron chi connectivity index (χ1n) is 12.6. The van der Waals surface area contributed by atoms with Crippen LogP contribution in [-0.2, 0) is 35.3 Å². The number of nitrogens with one attached hydrogen (secondary N) is 1. The first-order chi connectivity index (χ1) is 19.1. The second kappa shape index (κ2) is 11.0. The van der Waals surface area contributed by atoms with E-state index in [0.717, 1.165) is 33.2 Å². The number of aryl methyl sites for hydroxylation is 2. The monoisotopic (exact) mass is 586 g/mol. The van der Waals surface area contributed by atoms with Gasteiger partial charge in [-0.1, -0.05) is 29.8 Å². The molecule has 0 aliphatic carbocycles. The number of likely N-dealkylation sites (tertiary alicyclic amines) is 1. The minimum Gasteiger partial charge on any atom is -0.481 e. The Morgan fingerprint density at radius 1 is 1.25 bits per heavy atom. The molecule has 1 aliphatic heterocycles. The number of carboxylic acids is 1. The zero-order valence-corrected chi connectivity index (χ0v) is 23.0. The first kappa shape index (κ1) is 27.7. The van der Waals surface area contributed by atoms with Crippen LogP contribution < -0.4 is 5.32 Å². The maximum absolute atomic E-state index is 16.1. The normalized spacial score (nSPS) is 16.9. The standard InChI is InChI=1S/C28H25ClF2N4O4S/c1-34-15-19(18-5-2-3-6-23(18)34)26(39)33-22-13-21(30)16(11-20(22)29)12-24(36)35-10-4-9-28(35,31)27-32-14-17(40-27)7-8-25(37)38/h2-3,5-6,11,13-15H,4,7-10,12H2,1H3,(H,33,39)(H,37,38)/t28-/m1/s1. The lowest BCUT2D eigenvalue weighted by Crippen LogP contribution is -2.42. The molecule has 2 aromatic carbocycles. The van der Waals surface area contributed by atoms with Crippen LogP contribution in [0.3, 0.4) is 0 Å². The summed E-state index contributed by atoms with van der Waals surface area (Å²) in [7, 11) is 1.82. The Hall–Kier alpha value is -3.83. The largest absolute Gasteiger partial charge is 0.481 e. The number of hydrogen-bond acceptors (Lipinski definition) is 5. The summed E-state index contributed by atoms with van der Waals surface area (Å²) in [6.45, 7) is 0.133. The molecule has 1 fully saturated rings. The zero-order chi connectivity index (χ0) is 28.6. The second-order valence-electron chi connectivity index (χ2n) is 9.66. The van der Waals surface area contributed by atoms with Crippen LogP contribution in [0.5, 0.6) is 0 Å². The first-order valence-corrected chi connectivity index (χ1v) is 13.8. The highest BCUT2D eigenvalue weighted by atomic mass is 35.5. The van der Waals surface area contributed by atoms with E-state index in [-0.39, 0.29) is 47.1 Å². The number of amides is 2. The zero-order valence-electron chi connectivity index (χ0n) is 21.4. The molecule has 2 amide bonds. The number of para-hydroxylation sites is 1. The molecule has 0 spiro atoms. The average molecular weight is 587 g/mol. The van der Waals surface area contributed by atoms with E-state index in [1.807, 2.05) is 35.9 Å². The minimum atomic E-state index is -2.16. The van der Waals surface area contributed by atoms with Crippen LogP contribution in [0, 0.1) is 5.82 Å². The van der Waals surface area contributed by atoms with Crippen LogP contribution in [0.4, 0.5) is 14.5 Å². The van der Waals surface area contributed by atoms with Gasteiger partial charge in [0.15, 0.2) is 5.01 Å². The number of hydrogen-bond donors (Lipinski definition) is 2. The van der Waals surface area contributed by atoms with Gasteiger partial charge < -0.3 is 19.9 Å². The van der Waals surface area contributed by atoms with Crippen molar-refractivity contribution in [1.29, 1.82) is 0 Å². The van der Waals surface area contributed by atoms with E-state index in [1.165, 1.54) is 12.3 Å². The Morgan fingerprint density at radius 2 is 2.02 bits per heavy atom. The Labute approximate surface area is 237 Å². The molecule has 3 heterocycles. The van der Waals surface area contributed by atoms with Gasteiger partial charge in [0.25, 0.3) is 5.91 Å². The third-order valence-electron chi connectivity index (χ3n) is 6.95. The highest BCUT2D eigenvalue weighted by Crippen LogP contribution is 2.42. The number of fused-ring (bicyclic) bond motifs is 1. The number of carboxylic acid groups (broad SMARTS) is 1. The molecule has 0 radical (unpaired) electrons. The summed E-state index contributed by atoms with van der Waals surface area (Å²) in [5, 5.41) is 12.4. The number of alkyl halides is 1. The number of thiazole rings is 1. The lowest BCUT2D eigenvalue weighted by molar-refractivity contribution is -0.142. The maximum atomic E-state index is 16.1. The van der Waals surface area contributed by atoms with E-state index in [9.17, 15) is 14.4 Å². The molecule has 0 saturated carbocycles. The lowest BCUT2D eigenvalue weighted by Gasteiger charge is -2.29. The number of nitrogens with zero attached hydrogens (tertiary/aromatic N) is 3. The molecule has 12 heteroatoms. The third kappa shape index (κ3) is 5.31. The number of aliphatic carboxylic acids is 1. The van der Waals surface area contributed by atoms with Gasteiger partial charge in [-0.05, 0) is 36.6 Å². The van der Waals surface area contributed by atoms with Crippen LogP contribution in [0.15, 0.2) is 48.8 Å². The minimum absolute atomic E-state index is 0.0336. The van der Waals surface area contributed by atoms with Crippen molar-refractivity contribution in [1.82, 2.24) is 14.5 Å². The molecule has 1 aliphatic rings. The number of carbonyl (C=O) groups is 3. The molecule has 0 bridgehead atoms. The van der Waals surface area contributed by atoms with Crippen molar-refractivity contribution in [3.8, 4) is 0 Å². The third-order valence-corrected chi connectivity index (χ3v) is 8.45. The Morgan fingerprint density at radius 3 is 2.80 bits per heavy atom. The van der Waals surface area contributed by atoms with Gasteiger partial charge >= 0.3 is 5.97 Å². The Bertz CT molecular complexity index is 1640. The van der Waals surface area contributed by atoms with Crippen molar-refractivity contribution in [2.24, 2.45) is 7.05 Å². The number of rotatable bonds is 8. The van der Waals surface area contributed by atoms with Crippen molar-refractivity contribution < 1.29 is 28.3 Å². The highest BCUT2D eigenvalue weighted by molar-refractivity contribution is 7.11. The van der Waals surface area contributed by atoms with Crippen LogP contribution in [0.25, 0.3) is 10.9 Å². The van der Waals surface area contributed by atoms with Gasteiger partial charge in [-0.2, -0.15) is 0 Å². The van der Waals surface area contributed by atoms with Crippen molar-refractivity contribution in [3.05, 3.63) is 80.6 Å². The predicted octanol–water partition coefficient (Wildman–Crippen LogP) is 5.68. The van der Waals surface area contributed by atoms with Crippen molar-refractivity contribution >= 4 is 57.3 Å². The van der Waals surface area contributed by atoms with Gasteiger partial charge in [0, 0.05) is 48.2 Å². The van der Waals surface area contributed by atoms with E-state index >= 15 is 8.78 Å². The smallest absolute Gasteiger partial charge is 0.303 e. The molecule has 4 aromatic rings. The van der Waals surface area contributed by atoms with E-state index in [4.69, 9.17) is 16.7 Å². The summed E-state index contributed by atoms with van der Waals surface area (Å²) in [5.74, 6) is -4.99. The molecular formula is C28H25ClF2N4O4S. The lowest BCUT2D eigenvalue weighted by atomic mass is 10.1. The summed E-state index contributed by atoms with van der Waals surface area (Å²) >= 11 is 7.40. The average Bonchev–Trinajstić information content (AvgIpc) is 3.64. The van der Waals surface area contributed by atoms with Gasteiger partial charge in [0.1, 0.15) is 5.82 Å². The summed E-state index contributed by atoms with van der Waals surface area (Å²) in [5.41, 5.74) is 1.27. The molecule has 8 nitrogen and oxygen atoms in total. The van der Waals surface area contributed by atoms with Crippen LogP contribution in [-0.4, -0.2) is 43.9 Å². The molecule has 1 saturated heterocycles. The predicted molar refractivity (Wildman–Crippen MR) is 148 cm³/mol. The number of carbonyl (C=O) groups excluding carboxylic acids is 2. The molecule has 2 aromatic heterocycles. The van der Waals surface area contributed by atoms with E-state index in [0.29, 0.717) is 16.9 Å². The Kier molecular flexibility index (Phi) is 7.61. The van der Waals surface area contributed by atoms with E-state index < -0.39 is 35.8 Å². The number of aromatic nitrogens is 2. The molecule has 208 valence electrons. The number of benzene rings is 2. The summed E-state index contributed by atoms with van der Waals surface area (Å²) in [6, 6.07) is 9.68. The number of halogens is 3. The number of anilines is 1. The summed E-state index contributed by atoms with van der Waals surface area (Å²) in [4.78, 5) is 42.8.